The van der Waals surface area contributed by atoms with E-state index in [1.807, 2.05) is 27.7 Å². The molecule has 1 heterocycles. The van der Waals surface area contributed by atoms with Crippen LogP contribution in [-0.2, 0) is 9.53 Å². The van der Waals surface area contributed by atoms with Crippen LogP contribution in [0.1, 0.15) is 27.7 Å². The van der Waals surface area contributed by atoms with Gasteiger partial charge in [-0.15, -0.1) is 0 Å². The zero-order chi connectivity index (χ0) is 14.0. The smallest absolute Gasteiger partial charge is 0.250 e. The van der Waals surface area contributed by atoms with Gasteiger partial charge in [0.1, 0.15) is 6.61 Å². The monoisotopic (exact) mass is 265 g/mol. The third kappa shape index (κ3) is 3.61. The highest BCUT2D eigenvalue weighted by Gasteiger charge is 2.31. The molecule has 0 fully saturated rings. The number of nitrogens with one attached hydrogen (secondary N) is 1. The minimum atomic E-state index is -0.661. The average Bonchev–Trinajstić information content (AvgIpc) is 2.59. The van der Waals surface area contributed by atoms with Gasteiger partial charge in [0.2, 0.25) is 11.7 Å². The van der Waals surface area contributed by atoms with Crippen molar-refractivity contribution in [2.24, 2.45) is 0 Å². The lowest BCUT2D eigenvalue weighted by Crippen LogP contribution is -2.29. The van der Waals surface area contributed by atoms with E-state index < -0.39 is 5.79 Å². The normalized spacial score (nSPS) is 15.6. The van der Waals surface area contributed by atoms with E-state index in [0.29, 0.717) is 17.2 Å². The Morgan fingerprint density at radius 2 is 2.00 bits per heavy atom. The molecule has 0 saturated carbocycles. The second-order valence-corrected chi connectivity index (χ2v) is 5.17. The van der Waals surface area contributed by atoms with Crippen molar-refractivity contribution in [3.8, 4) is 11.5 Å². The topological polar surface area (TPSA) is 56.8 Å². The fourth-order valence-electron chi connectivity index (χ4n) is 1.74. The van der Waals surface area contributed by atoms with Crippen molar-refractivity contribution in [2.75, 3.05) is 11.9 Å². The molecule has 1 amide bonds. The third-order valence-corrected chi connectivity index (χ3v) is 2.49. The number of ether oxygens (including phenoxy) is 3. The fraction of sp³-hybridized carbons (Fsp3) is 0.500. The summed E-state index contributed by atoms with van der Waals surface area (Å²) in [4.78, 5) is 11.6. The van der Waals surface area contributed by atoms with E-state index in [-0.39, 0.29) is 18.6 Å². The summed E-state index contributed by atoms with van der Waals surface area (Å²) in [6.07, 6.45) is 0.0308. The molecule has 1 N–H and O–H groups in total. The van der Waals surface area contributed by atoms with Gasteiger partial charge in [-0.3, -0.25) is 4.79 Å². The molecular weight excluding hydrogens is 246 g/mol. The van der Waals surface area contributed by atoms with E-state index >= 15 is 0 Å². The number of hydrogen-bond acceptors (Lipinski definition) is 4. The van der Waals surface area contributed by atoms with Crippen molar-refractivity contribution in [1.29, 1.82) is 0 Å². The van der Waals surface area contributed by atoms with Crippen LogP contribution in [0.4, 0.5) is 5.69 Å². The molecule has 0 unspecified atom stereocenters. The first kappa shape index (κ1) is 13.7. The molecule has 0 radical (unpaired) electrons. The van der Waals surface area contributed by atoms with Gasteiger partial charge in [0.25, 0.3) is 0 Å². The summed E-state index contributed by atoms with van der Waals surface area (Å²) in [6.45, 7) is 7.48. The van der Waals surface area contributed by atoms with Crippen molar-refractivity contribution in [3.63, 3.8) is 0 Å². The number of carbonyl (C=O) groups excluding carboxylic acids is 1. The molecule has 2 rings (SSSR count). The highest BCUT2D eigenvalue weighted by Crippen LogP contribution is 2.40. The van der Waals surface area contributed by atoms with Crippen LogP contribution < -0.4 is 14.8 Å². The third-order valence-electron chi connectivity index (χ3n) is 2.49. The van der Waals surface area contributed by atoms with E-state index in [2.05, 4.69) is 5.32 Å². The molecule has 0 aliphatic carbocycles. The molecule has 1 aromatic rings. The number of carbonyl (C=O) groups is 1. The molecule has 1 aliphatic rings. The van der Waals surface area contributed by atoms with Gasteiger partial charge in [0, 0.05) is 25.6 Å². The van der Waals surface area contributed by atoms with Crippen LogP contribution in [0.2, 0.25) is 0 Å². The molecule has 1 aliphatic heterocycles. The summed E-state index contributed by atoms with van der Waals surface area (Å²) in [5.74, 6) is 0.465. The molecule has 0 bridgehead atoms. The molecule has 0 spiro atoms. The van der Waals surface area contributed by atoms with E-state index in [1.54, 1.807) is 18.2 Å². The summed E-state index contributed by atoms with van der Waals surface area (Å²) in [5.41, 5.74) is 0.664. The average molecular weight is 265 g/mol. The van der Waals surface area contributed by atoms with Crippen LogP contribution in [0.25, 0.3) is 0 Å². The van der Waals surface area contributed by atoms with Crippen molar-refractivity contribution in [2.45, 2.75) is 39.6 Å². The minimum absolute atomic E-state index is 0.0308. The Hall–Kier alpha value is -1.75. The molecule has 0 aromatic heterocycles. The Kier molecular flexibility index (Phi) is 3.66. The van der Waals surface area contributed by atoms with E-state index in [4.69, 9.17) is 14.2 Å². The van der Waals surface area contributed by atoms with E-state index in [0.717, 1.165) is 0 Å². The molecule has 5 heteroatoms. The van der Waals surface area contributed by atoms with Gasteiger partial charge >= 0.3 is 0 Å². The number of anilines is 1. The summed E-state index contributed by atoms with van der Waals surface area (Å²) in [6, 6.07) is 5.30. The predicted octanol–water partition coefficient (Wildman–Crippen LogP) is 2.56. The number of rotatable bonds is 4. The standard InChI is InChI=1S/C14H19NO4/c1-9(2)17-8-13(16)15-10-5-6-11-12(7-10)19-14(3,4)18-11/h5-7,9H,8H2,1-4H3,(H,15,16). The molecule has 1 aromatic carbocycles. The van der Waals surface area contributed by atoms with Crippen molar-refractivity contribution >= 4 is 11.6 Å². The van der Waals surface area contributed by atoms with Gasteiger partial charge in [-0.25, -0.2) is 0 Å². The number of benzene rings is 1. The lowest BCUT2D eigenvalue weighted by atomic mass is 10.3. The first-order valence-electron chi connectivity index (χ1n) is 6.29. The molecule has 104 valence electrons. The number of fused-ring (bicyclic) bond motifs is 1. The van der Waals surface area contributed by atoms with Crippen LogP contribution in [0.3, 0.4) is 0 Å². The first-order valence-corrected chi connectivity index (χ1v) is 6.29. The van der Waals surface area contributed by atoms with Gasteiger partial charge < -0.3 is 19.5 Å². The second kappa shape index (κ2) is 5.09. The SMILES string of the molecule is CC(C)OCC(=O)Nc1ccc2c(c1)OC(C)(C)O2. The Bertz CT molecular complexity index is 482. The van der Waals surface area contributed by atoms with Crippen LogP contribution in [0.15, 0.2) is 18.2 Å². The molecule has 0 atom stereocenters. The van der Waals surface area contributed by atoms with Gasteiger partial charge in [-0.2, -0.15) is 0 Å². The fourth-order valence-corrected chi connectivity index (χ4v) is 1.74. The van der Waals surface area contributed by atoms with Gasteiger partial charge in [-0.1, -0.05) is 0 Å². The highest BCUT2D eigenvalue weighted by molar-refractivity contribution is 5.92. The molecular formula is C14H19NO4. The number of amides is 1. The molecule has 19 heavy (non-hydrogen) atoms. The zero-order valence-electron chi connectivity index (χ0n) is 11.6. The maximum atomic E-state index is 11.6. The Morgan fingerprint density at radius 1 is 1.32 bits per heavy atom. The highest BCUT2D eigenvalue weighted by atomic mass is 16.7. The lowest BCUT2D eigenvalue weighted by Gasteiger charge is -2.16. The Labute approximate surface area is 112 Å². The van der Waals surface area contributed by atoms with Gasteiger partial charge in [0.15, 0.2) is 11.5 Å². The largest absolute Gasteiger partial charge is 0.449 e. The second-order valence-electron chi connectivity index (χ2n) is 5.17. The maximum absolute atomic E-state index is 11.6. The summed E-state index contributed by atoms with van der Waals surface area (Å²) >= 11 is 0. The molecule has 5 nitrogen and oxygen atoms in total. The Balaban J connectivity index is 1.98. The van der Waals surface area contributed by atoms with Crippen molar-refractivity contribution < 1.29 is 19.0 Å². The van der Waals surface area contributed by atoms with Crippen molar-refractivity contribution in [3.05, 3.63) is 18.2 Å². The molecule has 0 saturated heterocycles. The summed E-state index contributed by atoms with van der Waals surface area (Å²) < 4.78 is 16.4. The maximum Gasteiger partial charge on any atom is 0.250 e. The van der Waals surface area contributed by atoms with Crippen LogP contribution in [0, 0.1) is 0 Å². The number of hydrogen-bond donors (Lipinski definition) is 1. The summed E-state index contributed by atoms with van der Waals surface area (Å²) in [7, 11) is 0. The van der Waals surface area contributed by atoms with Gasteiger partial charge in [0.05, 0.1) is 6.10 Å². The van der Waals surface area contributed by atoms with Crippen LogP contribution in [-0.4, -0.2) is 24.4 Å². The summed E-state index contributed by atoms with van der Waals surface area (Å²) in [5, 5.41) is 2.75. The predicted molar refractivity (Wildman–Crippen MR) is 71.5 cm³/mol. The Morgan fingerprint density at radius 3 is 2.68 bits per heavy atom. The zero-order valence-corrected chi connectivity index (χ0v) is 11.6. The lowest BCUT2D eigenvalue weighted by molar-refractivity contribution is -0.121. The van der Waals surface area contributed by atoms with Gasteiger partial charge in [-0.05, 0) is 26.0 Å². The minimum Gasteiger partial charge on any atom is -0.449 e. The van der Waals surface area contributed by atoms with Crippen LogP contribution >= 0.6 is 0 Å². The van der Waals surface area contributed by atoms with Crippen molar-refractivity contribution in [1.82, 2.24) is 0 Å². The van der Waals surface area contributed by atoms with Crippen LogP contribution in [0.5, 0.6) is 11.5 Å². The van der Waals surface area contributed by atoms with E-state index in [1.165, 1.54) is 0 Å². The van der Waals surface area contributed by atoms with E-state index in [9.17, 15) is 4.79 Å². The first-order chi connectivity index (χ1) is 8.85. The quantitative estimate of drug-likeness (QED) is 0.909.